The van der Waals surface area contributed by atoms with Crippen molar-refractivity contribution in [1.82, 2.24) is 4.72 Å². The molecule has 0 fully saturated rings. The fourth-order valence-electron chi connectivity index (χ4n) is 2.71. The van der Waals surface area contributed by atoms with Crippen LogP contribution in [0.15, 0.2) is 41.3 Å². The zero-order valence-corrected chi connectivity index (χ0v) is 15.7. The maximum absolute atomic E-state index is 12.5. The lowest BCUT2D eigenvalue weighted by Crippen LogP contribution is -2.28. The van der Waals surface area contributed by atoms with E-state index < -0.39 is 10.0 Å². The monoisotopic (exact) mass is 367 g/mol. The van der Waals surface area contributed by atoms with Crippen molar-refractivity contribution in [2.75, 3.05) is 13.2 Å². The van der Waals surface area contributed by atoms with Crippen molar-refractivity contribution in [2.45, 2.75) is 32.3 Å². The molecule has 0 radical (unpaired) electrons. The largest absolute Gasteiger partial charge is 0.375 e. The van der Waals surface area contributed by atoms with Gasteiger partial charge in [-0.3, -0.25) is 0 Å². The number of nitrogens with one attached hydrogen (secondary N) is 1. The van der Waals surface area contributed by atoms with Crippen LogP contribution in [0, 0.1) is 20.8 Å². The van der Waals surface area contributed by atoms with Crippen molar-refractivity contribution < 1.29 is 13.2 Å². The quantitative estimate of drug-likeness (QED) is 0.758. The molecule has 6 heteroatoms. The molecule has 1 N–H and O–H groups in total. The topological polar surface area (TPSA) is 55.4 Å². The molecule has 0 amide bonds. The SMILES string of the molecule is Cc1cc(C)c(S(=O)(=O)NCCOCc2ccccc2Cl)c(C)c1. The van der Waals surface area contributed by atoms with Crippen molar-refractivity contribution in [1.29, 1.82) is 0 Å². The van der Waals surface area contributed by atoms with Crippen LogP contribution in [-0.4, -0.2) is 21.6 Å². The molecule has 0 unspecified atom stereocenters. The van der Waals surface area contributed by atoms with Gasteiger partial charge in [-0.2, -0.15) is 0 Å². The van der Waals surface area contributed by atoms with Gasteiger partial charge in [-0.05, 0) is 43.5 Å². The average Bonchev–Trinajstić information content (AvgIpc) is 2.47. The Morgan fingerprint density at radius 3 is 2.33 bits per heavy atom. The summed E-state index contributed by atoms with van der Waals surface area (Å²) in [5, 5.41) is 0.643. The molecule has 2 rings (SSSR count). The van der Waals surface area contributed by atoms with E-state index in [2.05, 4.69) is 4.72 Å². The third-order valence-electron chi connectivity index (χ3n) is 3.63. The third-order valence-corrected chi connectivity index (χ3v) is 5.76. The van der Waals surface area contributed by atoms with Crippen LogP contribution in [0.2, 0.25) is 5.02 Å². The Balaban J connectivity index is 1.91. The van der Waals surface area contributed by atoms with Crippen LogP contribution in [0.5, 0.6) is 0 Å². The van der Waals surface area contributed by atoms with Gasteiger partial charge in [0.15, 0.2) is 0 Å². The second-order valence-electron chi connectivity index (χ2n) is 5.77. The molecule has 0 bridgehead atoms. The summed E-state index contributed by atoms with van der Waals surface area (Å²) in [4.78, 5) is 0.346. The van der Waals surface area contributed by atoms with Gasteiger partial charge in [-0.1, -0.05) is 47.5 Å². The lowest BCUT2D eigenvalue weighted by Gasteiger charge is -2.13. The van der Waals surface area contributed by atoms with E-state index in [-0.39, 0.29) is 13.2 Å². The van der Waals surface area contributed by atoms with Gasteiger partial charge in [0.25, 0.3) is 0 Å². The maximum atomic E-state index is 12.5. The lowest BCUT2D eigenvalue weighted by atomic mass is 10.1. The second kappa shape index (κ2) is 8.12. The van der Waals surface area contributed by atoms with Gasteiger partial charge in [0.05, 0.1) is 18.1 Å². The predicted octanol–water partition coefficient (Wildman–Crippen LogP) is 3.76. The van der Waals surface area contributed by atoms with Gasteiger partial charge in [-0.15, -0.1) is 0 Å². The number of hydrogen-bond acceptors (Lipinski definition) is 3. The highest BCUT2D eigenvalue weighted by Gasteiger charge is 2.19. The molecule has 0 saturated carbocycles. The molecule has 4 nitrogen and oxygen atoms in total. The number of sulfonamides is 1. The van der Waals surface area contributed by atoms with E-state index in [1.807, 2.05) is 51.1 Å². The normalized spacial score (nSPS) is 11.7. The summed E-state index contributed by atoms with van der Waals surface area (Å²) in [6.07, 6.45) is 0. The Kier molecular flexibility index (Phi) is 6.40. The van der Waals surface area contributed by atoms with E-state index in [4.69, 9.17) is 16.3 Å². The van der Waals surface area contributed by atoms with Gasteiger partial charge in [0.1, 0.15) is 0 Å². The molecule has 0 heterocycles. The number of ether oxygens (including phenoxy) is 1. The Bertz CT molecular complexity index is 796. The summed E-state index contributed by atoms with van der Waals surface area (Å²) >= 11 is 6.05. The van der Waals surface area contributed by atoms with Crippen LogP contribution < -0.4 is 4.72 Å². The van der Waals surface area contributed by atoms with Crippen LogP contribution in [0.4, 0.5) is 0 Å². The molecule has 0 spiro atoms. The maximum Gasteiger partial charge on any atom is 0.241 e. The zero-order valence-electron chi connectivity index (χ0n) is 14.1. The molecule has 130 valence electrons. The molecule has 2 aromatic rings. The van der Waals surface area contributed by atoms with E-state index in [1.165, 1.54) is 0 Å². The molecule has 0 aliphatic carbocycles. The van der Waals surface area contributed by atoms with Crippen molar-refractivity contribution in [3.8, 4) is 0 Å². The molecular weight excluding hydrogens is 346 g/mol. The number of benzene rings is 2. The van der Waals surface area contributed by atoms with Crippen molar-refractivity contribution in [3.05, 3.63) is 63.7 Å². The lowest BCUT2D eigenvalue weighted by molar-refractivity contribution is 0.126. The summed E-state index contributed by atoms with van der Waals surface area (Å²) < 4.78 is 33.1. The first kappa shape index (κ1) is 18.9. The number of rotatable bonds is 7. The van der Waals surface area contributed by atoms with Gasteiger partial charge in [-0.25, -0.2) is 13.1 Å². The van der Waals surface area contributed by atoms with Gasteiger partial charge in [0.2, 0.25) is 10.0 Å². The highest BCUT2D eigenvalue weighted by Crippen LogP contribution is 2.21. The molecule has 0 aliphatic rings. The minimum Gasteiger partial charge on any atom is -0.375 e. The fourth-order valence-corrected chi connectivity index (χ4v) is 4.36. The first-order valence-electron chi connectivity index (χ1n) is 7.70. The molecule has 2 aromatic carbocycles. The second-order valence-corrected chi connectivity index (χ2v) is 7.88. The first-order valence-corrected chi connectivity index (χ1v) is 9.56. The van der Waals surface area contributed by atoms with Crippen molar-refractivity contribution >= 4 is 21.6 Å². The molecular formula is C18H22ClNO3S. The van der Waals surface area contributed by atoms with Crippen LogP contribution in [0.3, 0.4) is 0 Å². The van der Waals surface area contributed by atoms with Gasteiger partial charge < -0.3 is 4.74 Å². The molecule has 0 aliphatic heterocycles. The highest BCUT2D eigenvalue weighted by atomic mass is 35.5. The summed E-state index contributed by atoms with van der Waals surface area (Å²) in [6.45, 7) is 6.40. The smallest absolute Gasteiger partial charge is 0.241 e. The number of hydrogen-bond donors (Lipinski definition) is 1. The van der Waals surface area contributed by atoms with Crippen LogP contribution in [0.1, 0.15) is 22.3 Å². The van der Waals surface area contributed by atoms with Gasteiger partial charge in [0, 0.05) is 11.6 Å². The number of halogens is 1. The van der Waals surface area contributed by atoms with E-state index in [0.717, 1.165) is 22.3 Å². The van der Waals surface area contributed by atoms with Crippen LogP contribution in [-0.2, 0) is 21.4 Å². The molecule has 0 saturated heterocycles. The Morgan fingerprint density at radius 2 is 1.71 bits per heavy atom. The van der Waals surface area contributed by atoms with E-state index in [1.54, 1.807) is 6.07 Å². The predicted molar refractivity (Wildman–Crippen MR) is 96.9 cm³/mol. The van der Waals surface area contributed by atoms with Crippen LogP contribution >= 0.6 is 11.6 Å². The van der Waals surface area contributed by atoms with Crippen molar-refractivity contribution in [3.63, 3.8) is 0 Å². The first-order chi connectivity index (χ1) is 11.3. The van der Waals surface area contributed by atoms with E-state index in [0.29, 0.717) is 16.5 Å². The zero-order chi connectivity index (χ0) is 17.7. The Morgan fingerprint density at radius 1 is 1.08 bits per heavy atom. The standard InChI is InChI=1S/C18H22ClNO3S/c1-13-10-14(2)18(15(3)11-13)24(21,22)20-8-9-23-12-16-6-4-5-7-17(16)19/h4-7,10-11,20H,8-9,12H2,1-3H3. The highest BCUT2D eigenvalue weighted by molar-refractivity contribution is 7.89. The minimum atomic E-state index is -3.55. The molecule has 24 heavy (non-hydrogen) atoms. The fraction of sp³-hybridized carbons (Fsp3) is 0.333. The Hall–Kier alpha value is -1.40. The van der Waals surface area contributed by atoms with Crippen molar-refractivity contribution in [2.24, 2.45) is 0 Å². The summed E-state index contributed by atoms with van der Waals surface area (Å²) in [5.41, 5.74) is 3.42. The molecule has 0 atom stereocenters. The minimum absolute atomic E-state index is 0.208. The third kappa shape index (κ3) is 4.80. The van der Waals surface area contributed by atoms with Gasteiger partial charge >= 0.3 is 0 Å². The number of aryl methyl sites for hydroxylation is 3. The molecule has 0 aromatic heterocycles. The summed E-state index contributed by atoms with van der Waals surface area (Å²) in [7, 11) is -3.55. The van der Waals surface area contributed by atoms with E-state index >= 15 is 0 Å². The van der Waals surface area contributed by atoms with E-state index in [9.17, 15) is 8.42 Å². The van der Waals surface area contributed by atoms with Crippen LogP contribution in [0.25, 0.3) is 0 Å². The Labute approximate surface area is 148 Å². The summed E-state index contributed by atoms with van der Waals surface area (Å²) in [5.74, 6) is 0. The summed E-state index contributed by atoms with van der Waals surface area (Å²) in [6, 6.07) is 11.2. The average molecular weight is 368 g/mol.